The molecule has 4 atom stereocenters. The van der Waals surface area contributed by atoms with Crippen LogP contribution in [0, 0.1) is 6.92 Å². The predicted molar refractivity (Wildman–Crippen MR) is 192 cm³/mol. The van der Waals surface area contributed by atoms with E-state index in [0.717, 1.165) is 32.8 Å². The van der Waals surface area contributed by atoms with E-state index in [1.54, 1.807) is 0 Å². The Balaban J connectivity index is 1.62. The van der Waals surface area contributed by atoms with Crippen LogP contribution in [0.25, 0.3) is 0 Å². The number of nitrogens with one attached hydrogen (secondary N) is 2. The summed E-state index contributed by atoms with van der Waals surface area (Å²) in [4.78, 5) is 29.5. The maximum absolute atomic E-state index is 13.9. The molecular formula is C38H46N4O5S. The van der Waals surface area contributed by atoms with Crippen LogP contribution in [0.2, 0.25) is 0 Å². The minimum absolute atomic E-state index is 0.0144. The van der Waals surface area contributed by atoms with Crippen LogP contribution in [0.1, 0.15) is 68.9 Å². The first-order valence-corrected chi connectivity index (χ1v) is 17.8. The second kappa shape index (κ2) is 16.1. The van der Waals surface area contributed by atoms with Crippen LogP contribution in [0.3, 0.4) is 0 Å². The van der Waals surface area contributed by atoms with Gasteiger partial charge < -0.3 is 15.7 Å². The predicted octanol–water partition coefficient (Wildman–Crippen LogP) is 5.28. The minimum Gasteiger partial charge on any atom is -0.390 e. The van der Waals surface area contributed by atoms with Crippen LogP contribution in [0.15, 0.2) is 103 Å². The van der Waals surface area contributed by atoms with Crippen LogP contribution in [-0.4, -0.2) is 69.3 Å². The van der Waals surface area contributed by atoms with E-state index in [0.29, 0.717) is 6.42 Å². The lowest BCUT2D eigenvalue weighted by Gasteiger charge is -2.31. The molecule has 0 fully saturated rings. The van der Waals surface area contributed by atoms with Crippen molar-refractivity contribution in [2.45, 2.75) is 51.4 Å². The normalized spacial score (nSPS) is 14.1. The molecule has 9 nitrogen and oxygen atoms in total. The van der Waals surface area contributed by atoms with Gasteiger partial charge in [0.1, 0.15) is 0 Å². The van der Waals surface area contributed by atoms with Gasteiger partial charge in [0.05, 0.1) is 30.1 Å². The molecule has 4 aromatic carbocycles. The van der Waals surface area contributed by atoms with Crippen LogP contribution >= 0.6 is 0 Å². The second-order valence-corrected chi connectivity index (χ2v) is 14.5. The third kappa shape index (κ3) is 9.76. The largest absolute Gasteiger partial charge is 0.390 e. The van der Waals surface area contributed by atoms with E-state index in [-0.39, 0.29) is 35.4 Å². The molecule has 4 rings (SSSR count). The Kier molecular flexibility index (Phi) is 12.2. The average Bonchev–Trinajstić information content (AvgIpc) is 3.07. The molecule has 0 aliphatic rings. The van der Waals surface area contributed by atoms with Crippen molar-refractivity contribution in [3.63, 3.8) is 0 Å². The summed E-state index contributed by atoms with van der Waals surface area (Å²) in [6.07, 6.45) is 0.453. The Morgan fingerprint density at radius 1 is 0.771 bits per heavy atom. The summed E-state index contributed by atoms with van der Waals surface area (Å²) in [7, 11) is -0.413. The number of hydrogen-bond acceptors (Lipinski definition) is 6. The number of aliphatic hydroxyl groups is 1. The maximum Gasteiger partial charge on any atom is 0.251 e. The number of likely N-dealkylation sites (N-methyl/N-ethyl adjacent to an activating group) is 1. The van der Waals surface area contributed by atoms with Crippen molar-refractivity contribution in [1.29, 1.82) is 0 Å². The van der Waals surface area contributed by atoms with Crippen molar-refractivity contribution >= 4 is 27.5 Å². The van der Waals surface area contributed by atoms with Gasteiger partial charge in [-0.3, -0.25) is 18.8 Å². The highest BCUT2D eigenvalue weighted by atomic mass is 32.2. The zero-order valence-electron chi connectivity index (χ0n) is 28.4. The Bertz CT molecular complexity index is 1780. The van der Waals surface area contributed by atoms with Gasteiger partial charge in [0.2, 0.25) is 10.0 Å². The zero-order valence-corrected chi connectivity index (χ0v) is 29.2. The summed E-state index contributed by atoms with van der Waals surface area (Å²) >= 11 is 0. The number of hydrogen-bond donors (Lipinski definition) is 3. The van der Waals surface area contributed by atoms with E-state index >= 15 is 0 Å². The van der Waals surface area contributed by atoms with E-state index in [1.165, 1.54) is 25.2 Å². The fourth-order valence-electron chi connectivity index (χ4n) is 5.43. The molecular weight excluding hydrogens is 625 g/mol. The second-order valence-electron chi connectivity index (χ2n) is 12.5. The maximum atomic E-state index is 13.9. The summed E-state index contributed by atoms with van der Waals surface area (Å²) in [6, 6.07) is 30.6. The van der Waals surface area contributed by atoms with Crippen molar-refractivity contribution in [2.75, 3.05) is 31.2 Å². The number of carbonyl (C=O) groups is 2. The highest BCUT2D eigenvalue weighted by Crippen LogP contribution is 2.23. The molecule has 0 unspecified atom stereocenters. The lowest BCUT2D eigenvalue weighted by molar-refractivity contribution is 0.0656. The SMILES string of the molecule is Cc1ccc([C@@H](C)NC(=O)c2cc(C(=O)N[C@@H](Cc3ccccc3)[C@H](O)CN(C)[C@@H](C)c3ccccc3)cc(N(C)S(C)(=O)=O)c2)cc1. The Hall–Kier alpha value is -4.51. The third-order valence-corrected chi connectivity index (χ3v) is 9.93. The zero-order chi connectivity index (χ0) is 35.0. The van der Waals surface area contributed by atoms with Gasteiger partial charge in [0, 0.05) is 30.8 Å². The molecule has 0 saturated carbocycles. The Morgan fingerprint density at radius 3 is 1.88 bits per heavy atom. The van der Waals surface area contributed by atoms with Gasteiger partial charge >= 0.3 is 0 Å². The van der Waals surface area contributed by atoms with Crippen molar-refractivity contribution in [3.8, 4) is 0 Å². The van der Waals surface area contributed by atoms with Gasteiger partial charge in [-0.1, -0.05) is 90.5 Å². The quantitative estimate of drug-likeness (QED) is 0.168. The van der Waals surface area contributed by atoms with Crippen molar-refractivity contribution in [3.05, 3.63) is 137 Å². The van der Waals surface area contributed by atoms with Crippen molar-refractivity contribution in [2.24, 2.45) is 0 Å². The van der Waals surface area contributed by atoms with E-state index in [9.17, 15) is 23.1 Å². The molecule has 3 N–H and O–H groups in total. The van der Waals surface area contributed by atoms with Gasteiger partial charge in [-0.15, -0.1) is 0 Å². The van der Waals surface area contributed by atoms with Crippen LogP contribution in [-0.2, 0) is 16.4 Å². The fourth-order valence-corrected chi connectivity index (χ4v) is 5.92. The van der Waals surface area contributed by atoms with Gasteiger partial charge in [-0.25, -0.2) is 8.42 Å². The molecule has 0 bridgehead atoms. The van der Waals surface area contributed by atoms with E-state index < -0.39 is 34.0 Å². The topological polar surface area (TPSA) is 119 Å². The first-order chi connectivity index (χ1) is 22.7. The fraction of sp³-hybridized carbons (Fsp3) is 0.316. The Labute approximate surface area is 284 Å². The summed E-state index contributed by atoms with van der Waals surface area (Å²) in [5, 5.41) is 17.5. The number of amides is 2. The van der Waals surface area contributed by atoms with E-state index in [1.807, 2.05) is 111 Å². The number of aryl methyl sites for hydroxylation is 1. The Morgan fingerprint density at radius 2 is 1.31 bits per heavy atom. The van der Waals surface area contributed by atoms with Gasteiger partial charge in [-0.05, 0) is 69.1 Å². The number of rotatable bonds is 14. The van der Waals surface area contributed by atoms with Crippen molar-refractivity contribution in [1.82, 2.24) is 15.5 Å². The summed E-state index contributed by atoms with van der Waals surface area (Å²) < 4.78 is 26.0. The molecule has 10 heteroatoms. The number of anilines is 1. The number of carbonyl (C=O) groups excluding carboxylic acids is 2. The van der Waals surface area contributed by atoms with E-state index in [4.69, 9.17) is 0 Å². The van der Waals surface area contributed by atoms with E-state index in [2.05, 4.69) is 17.6 Å². The number of nitrogens with zero attached hydrogens (tertiary/aromatic N) is 2. The molecule has 48 heavy (non-hydrogen) atoms. The highest BCUT2D eigenvalue weighted by Gasteiger charge is 2.27. The van der Waals surface area contributed by atoms with Gasteiger partial charge in [0.15, 0.2) is 0 Å². The molecule has 4 aromatic rings. The minimum atomic E-state index is -3.71. The van der Waals surface area contributed by atoms with Gasteiger partial charge in [0.25, 0.3) is 11.8 Å². The first-order valence-electron chi connectivity index (χ1n) is 16.0. The molecule has 0 aliphatic carbocycles. The molecule has 0 aliphatic heterocycles. The lowest BCUT2D eigenvalue weighted by atomic mass is 9.99. The summed E-state index contributed by atoms with van der Waals surface area (Å²) in [6.45, 7) is 6.17. The van der Waals surface area contributed by atoms with Crippen LogP contribution < -0.4 is 14.9 Å². The highest BCUT2D eigenvalue weighted by molar-refractivity contribution is 7.92. The number of benzene rings is 4. The van der Waals surface area contributed by atoms with Crippen molar-refractivity contribution < 1.29 is 23.1 Å². The standard InChI is InChI=1S/C38H46N4O5S/c1-26-17-19-30(20-18-26)27(2)39-37(44)32-22-33(24-34(23-32)42(5)48(6,46)47)38(45)40-35(21-29-13-9-7-10-14-29)36(43)25-41(4)28(3)31-15-11-8-12-16-31/h7-20,22-24,27-28,35-36,43H,21,25H2,1-6H3,(H,39,44)(H,40,45)/t27-,28+,35+,36-/m1/s1. The average molecular weight is 671 g/mol. The summed E-state index contributed by atoms with van der Waals surface area (Å²) in [5.41, 5.74) is 4.41. The van der Waals surface area contributed by atoms with Crippen LogP contribution in [0.5, 0.6) is 0 Å². The monoisotopic (exact) mass is 670 g/mol. The lowest BCUT2D eigenvalue weighted by Crippen LogP contribution is -2.49. The van der Waals surface area contributed by atoms with Gasteiger partial charge in [-0.2, -0.15) is 0 Å². The molecule has 0 aromatic heterocycles. The van der Waals surface area contributed by atoms with Crippen LogP contribution in [0.4, 0.5) is 5.69 Å². The number of aliphatic hydroxyl groups excluding tert-OH is 1. The molecule has 2 amide bonds. The first kappa shape index (κ1) is 36.3. The molecule has 0 spiro atoms. The summed E-state index contributed by atoms with van der Waals surface area (Å²) in [5.74, 6) is -1.00. The molecule has 254 valence electrons. The molecule has 0 heterocycles. The molecule has 0 radical (unpaired) electrons. The third-order valence-electron chi connectivity index (χ3n) is 8.73. The smallest absolute Gasteiger partial charge is 0.251 e. The number of sulfonamides is 1. The molecule has 0 saturated heterocycles.